The number of aromatic amines is 1. The van der Waals surface area contributed by atoms with E-state index in [1.165, 1.54) is 0 Å². The zero-order valence-electron chi connectivity index (χ0n) is 10.4. The summed E-state index contributed by atoms with van der Waals surface area (Å²) >= 11 is 5.80. The molecule has 0 spiro atoms. The second-order valence-electron chi connectivity index (χ2n) is 4.21. The zero-order valence-corrected chi connectivity index (χ0v) is 11.1. The van der Waals surface area contributed by atoms with Gasteiger partial charge in [0.2, 0.25) is 5.78 Å². The molecule has 0 fully saturated rings. The molecule has 0 aliphatic rings. The maximum atomic E-state index is 12.2. The van der Waals surface area contributed by atoms with Crippen molar-refractivity contribution in [2.45, 2.75) is 0 Å². The molecule has 3 aromatic rings. The van der Waals surface area contributed by atoms with Crippen LogP contribution in [-0.2, 0) is 0 Å². The molecule has 0 aliphatic heterocycles. The Morgan fingerprint density at radius 3 is 2.40 bits per heavy atom. The number of nitrogens with one attached hydrogen (secondary N) is 1. The van der Waals surface area contributed by atoms with E-state index >= 15 is 0 Å². The van der Waals surface area contributed by atoms with Crippen LogP contribution in [0.4, 0.5) is 0 Å². The van der Waals surface area contributed by atoms with Gasteiger partial charge in [0.15, 0.2) is 11.6 Å². The highest BCUT2D eigenvalue weighted by Crippen LogP contribution is 2.16. The largest absolute Gasteiger partial charge is 0.285 e. The SMILES string of the molecule is O=C(c1ccc(Cl)cc1)c1nc(-c2ccccc2)n[nH]1. The van der Waals surface area contributed by atoms with Crippen LogP contribution in [0.3, 0.4) is 0 Å². The molecule has 1 heterocycles. The van der Waals surface area contributed by atoms with Crippen LogP contribution >= 0.6 is 11.6 Å². The van der Waals surface area contributed by atoms with Crippen LogP contribution in [0.15, 0.2) is 54.6 Å². The van der Waals surface area contributed by atoms with Crippen LogP contribution in [0, 0.1) is 0 Å². The van der Waals surface area contributed by atoms with Gasteiger partial charge >= 0.3 is 0 Å². The van der Waals surface area contributed by atoms with E-state index in [9.17, 15) is 4.79 Å². The summed E-state index contributed by atoms with van der Waals surface area (Å²) in [5.41, 5.74) is 1.38. The Balaban J connectivity index is 1.90. The Labute approximate surface area is 120 Å². The third-order valence-corrected chi connectivity index (χ3v) is 3.09. The molecule has 1 aromatic heterocycles. The molecular formula is C15H10ClN3O. The fourth-order valence-corrected chi connectivity index (χ4v) is 1.94. The number of halogens is 1. The first kappa shape index (κ1) is 12.6. The molecule has 0 saturated heterocycles. The van der Waals surface area contributed by atoms with Crippen molar-refractivity contribution < 1.29 is 4.79 Å². The average Bonchev–Trinajstić information content (AvgIpc) is 2.98. The predicted molar refractivity (Wildman–Crippen MR) is 76.7 cm³/mol. The lowest BCUT2D eigenvalue weighted by Crippen LogP contribution is -2.03. The van der Waals surface area contributed by atoms with Gasteiger partial charge in [0.25, 0.3) is 0 Å². The van der Waals surface area contributed by atoms with Crippen LogP contribution in [0.25, 0.3) is 11.4 Å². The second-order valence-corrected chi connectivity index (χ2v) is 4.65. The number of benzene rings is 2. The van der Waals surface area contributed by atoms with E-state index in [2.05, 4.69) is 15.2 Å². The Bertz CT molecular complexity index is 735. The van der Waals surface area contributed by atoms with Crippen LogP contribution in [0.5, 0.6) is 0 Å². The number of rotatable bonds is 3. The molecule has 0 radical (unpaired) electrons. The minimum Gasteiger partial charge on any atom is -0.285 e. The second kappa shape index (κ2) is 5.27. The van der Waals surface area contributed by atoms with E-state index in [1.54, 1.807) is 24.3 Å². The normalized spacial score (nSPS) is 10.4. The summed E-state index contributed by atoms with van der Waals surface area (Å²) < 4.78 is 0. The van der Waals surface area contributed by atoms with Crippen LogP contribution in [-0.4, -0.2) is 21.0 Å². The molecule has 4 nitrogen and oxygen atoms in total. The van der Waals surface area contributed by atoms with Crippen molar-refractivity contribution in [3.63, 3.8) is 0 Å². The van der Waals surface area contributed by atoms with Gasteiger partial charge in [-0.05, 0) is 24.3 Å². The first-order valence-corrected chi connectivity index (χ1v) is 6.40. The van der Waals surface area contributed by atoms with E-state index < -0.39 is 0 Å². The highest BCUT2D eigenvalue weighted by molar-refractivity contribution is 6.30. The van der Waals surface area contributed by atoms with E-state index in [-0.39, 0.29) is 11.6 Å². The lowest BCUT2D eigenvalue weighted by Gasteiger charge is -1.96. The van der Waals surface area contributed by atoms with Crippen molar-refractivity contribution >= 4 is 17.4 Å². The number of hydrogen-bond donors (Lipinski definition) is 1. The highest BCUT2D eigenvalue weighted by Gasteiger charge is 2.14. The van der Waals surface area contributed by atoms with Crippen molar-refractivity contribution in [3.05, 3.63) is 71.0 Å². The third kappa shape index (κ3) is 2.46. The van der Waals surface area contributed by atoms with Gasteiger partial charge in [-0.1, -0.05) is 41.9 Å². The van der Waals surface area contributed by atoms with Crippen LogP contribution in [0.2, 0.25) is 5.02 Å². The number of carbonyl (C=O) groups is 1. The summed E-state index contributed by atoms with van der Waals surface area (Å²) in [4.78, 5) is 16.5. The van der Waals surface area contributed by atoms with Crippen molar-refractivity contribution in [2.24, 2.45) is 0 Å². The van der Waals surface area contributed by atoms with Gasteiger partial charge in [0.1, 0.15) is 0 Å². The molecule has 0 saturated carbocycles. The van der Waals surface area contributed by atoms with Gasteiger partial charge in [-0.3, -0.25) is 9.89 Å². The predicted octanol–water partition coefficient (Wildman–Crippen LogP) is 3.36. The molecule has 0 unspecified atom stereocenters. The van der Waals surface area contributed by atoms with E-state index in [0.29, 0.717) is 16.4 Å². The first-order valence-electron chi connectivity index (χ1n) is 6.02. The van der Waals surface area contributed by atoms with E-state index in [0.717, 1.165) is 5.56 Å². The molecular weight excluding hydrogens is 274 g/mol. The number of ketones is 1. The van der Waals surface area contributed by atoms with Gasteiger partial charge in [0.05, 0.1) is 0 Å². The van der Waals surface area contributed by atoms with E-state index in [4.69, 9.17) is 11.6 Å². The Kier molecular flexibility index (Phi) is 3.31. The Morgan fingerprint density at radius 1 is 1.00 bits per heavy atom. The van der Waals surface area contributed by atoms with Crippen molar-refractivity contribution in [1.29, 1.82) is 0 Å². The summed E-state index contributed by atoms with van der Waals surface area (Å²) in [6.45, 7) is 0. The summed E-state index contributed by atoms with van der Waals surface area (Å²) in [6, 6.07) is 16.1. The fourth-order valence-electron chi connectivity index (χ4n) is 1.82. The minimum absolute atomic E-state index is 0.212. The lowest BCUT2D eigenvalue weighted by molar-refractivity contribution is 0.103. The maximum absolute atomic E-state index is 12.2. The Hall–Kier alpha value is -2.46. The molecule has 0 amide bonds. The van der Waals surface area contributed by atoms with E-state index in [1.807, 2.05) is 30.3 Å². The standard InChI is InChI=1S/C15H10ClN3O/c16-12-8-6-10(7-9-12)13(20)15-17-14(18-19-15)11-4-2-1-3-5-11/h1-9H,(H,17,18,19). The third-order valence-electron chi connectivity index (χ3n) is 2.84. The summed E-state index contributed by atoms with van der Waals surface area (Å²) in [6.07, 6.45) is 0. The summed E-state index contributed by atoms with van der Waals surface area (Å²) in [7, 11) is 0. The number of hydrogen-bond acceptors (Lipinski definition) is 3. The molecule has 98 valence electrons. The number of H-pyrrole nitrogens is 1. The molecule has 1 N–H and O–H groups in total. The Morgan fingerprint density at radius 2 is 1.70 bits per heavy atom. The van der Waals surface area contributed by atoms with Gasteiger partial charge in [-0.15, -0.1) is 0 Å². The highest BCUT2D eigenvalue weighted by atomic mass is 35.5. The molecule has 20 heavy (non-hydrogen) atoms. The molecule has 0 atom stereocenters. The number of aromatic nitrogens is 3. The van der Waals surface area contributed by atoms with Gasteiger partial charge in [-0.2, -0.15) is 5.10 Å². The quantitative estimate of drug-likeness (QED) is 0.750. The lowest BCUT2D eigenvalue weighted by atomic mass is 10.1. The molecule has 0 bridgehead atoms. The fraction of sp³-hybridized carbons (Fsp3) is 0. The number of carbonyl (C=O) groups excluding carboxylic acids is 1. The van der Waals surface area contributed by atoms with Crippen molar-refractivity contribution in [2.75, 3.05) is 0 Å². The monoisotopic (exact) mass is 283 g/mol. The van der Waals surface area contributed by atoms with Crippen molar-refractivity contribution in [3.8, 4) is 11.4 Å². The van der Waals surface area contributed by atoms with Crippen LogP contribution < -0.4 is 0 Å². The van der Waals surface area contributed by atoms with Gasteiger partial charge in [0, 0.05) is 16.1 Å². The minimum atomic E-state index is -0.212. The summed E-state index contributed by atoms with van der Waals surface area (Å²) in [5, 5.41) is 7.33. The number of nitrogens with zero attached hydrogens (tertiary/aromatic N) is 2. The topological polar surface area (TPSA) is 58.6 Å². The molecule has 0 aliphatic carbocycles. The molecule has 2 aromatic carbocycles. The van der Waals surface area contributed by atoms with Gasteiger partial charge in [-0.25, -0.2) is 4.98 Å². The molecule has 3 rings (SSSR count). The summed E-state index contributed by atoms with van der Waals surface area (Å²) in [5.74, 6) is 0.505. The first-order chi connectivity index (χ1) is 9.74. The van der Waals surface area contributed by atoms with Gasteiger partial charge < -0.3 is 0 Å². The smallest absolute Gasteiger partial charge is 0.229 e. The maximum Gasteiger partial charge on any atom is 0.229 e. The van der Waals surface area contributed by atoms with Crippen molar-refractivity contribution in [1.82, 2.24) is 15.2 Å². The average molecular weight is 284 g/mol. The van der Waals surface area contributed by atoms with Crippen LogP contribution in [0.1, 0.15) is 16.2 Å². The zero-order chi connectivity index (χ0) is 13.9. The molecule has 5 heteroatoms.